The quantitative estimate of drug-likeness (QED) is 0.569. The highest BCUT2D eigenvalue weighted by molar-refractivity contribution is 9.09. The second-order valence-electron chi connectivity index (χ2n) is 4.18. The maximum absolute atomic E-state index is 11.6. The Morgan fingerprint density at radius 3 is 2.00 bits per heavy atom. The molecule has 0 fully saturated rings. The molecule has 0 saturated heterocycles. The van der Waals surface area contributed by atoms with Crippen LogP contribution in [0.1, 0.15) is 40.0 Å². The molecule has 0 radical (unpaired) electrons. The van der Waals surface area contributed by atoms with Crippen molar-refractivity contribution < 1.29 is 8.42 Å². The van der Waals surface area contributed by atoms with Crippen molar-refractivity contribution in [2.75, 3.05) is 11.1 Å². The highest BCUT2D eigenvalue weighted by Crippen LogP contribution is 2.17. The third-order valence-electron chi connectivity index (χ3n) is 1.98. The molecule has 0 aliphatic heterocycles. The molecule has 0 spiro atoms. The molecule has 0 aromatic heterocycles. The molecule has 80 valence electrons. The van der Waals surface area contributed by atoms with Crippen molar-refractivity contribution in [1.82, 2.24) is 0 Å². The summed E-state index contributed by atoms with van der Waals surface area (Å²) in [6, 6.07) is 0. The minimum absolute atomic E-state index is 0.323. The van der Waals surface area contributed by atoms with Crippen LogP contribution >= 0.6 is 15.9 Å². The van der Waals surface area contributed by atoms with E-state index in [-0.39, 0.29) is 0 Å². The van der Waals surface area contributed by atoms with Gasteiger partial charge in [-0.15, -0.1) is 0 Å². The van der Waals surface area contributed by atoms with E-state index in [1.165, 1.54) is 0 Å². The third-order valence-corrected chi connectivity index (χ3v) is 5.23. The topological polar surface area (TPSA) is 34.1 Å². The molecule has 0 aromatic rings. The maximum atomic E-state index is 11.6. The van der Waals surface area contributed by atoms with Crippen LogP contribution in [-0.2, 0) is 9.84 Å². The predicted octanol–water partition coefficient (Wildman–Crippen LogP) is 2.76. The molecule has 0 N–H and O–H groups in total. The SMILES string of the molecule is CC(C)(C)S(=O)(=O)CCCCCBr. The number of halogens is 1. The van der Waals surface area contributed by atoms with Gasteiger partial charge in [0, 0.05) is 5.33 Å². The summed E-state index contributed by atoms with van der Waals surface area (Å²) in [4.78, 5) is 0. The van der Waals surface area contributed by atoms with E-state index in [2.05, 4.69) is 15.9 Å². The molecule has 2 nitrogen and oxygen atoms in total. The van der Waals surface area contributed by atoms with Gasteiger partial charge in [0.1, 0.15) is 0 Å². The van der Waals surface area contributed by atoms with Gasteiger partial charge >= 0.3 is 0 Å². The van der Waals surface area contributed by atoms with Crippen LogP contribution in [0.25, 0.3) is 0 Å². The summed E-state index contributed by atoms with van der Waals surface area (Å²) >= 11 is 3.32. The Morgan fingerprint density at radius 2 is 1.62 bits per heavy atom. The summed E-state index contributed by atoms with van der Waals surface area (Å²) in [5.74, 6) is 0.323. The first-order valence-electron chi connectivity index (χ1n) is 4.59. The standard InChI is InChI=1S/C9H19BrO2S/c1-9(2,3)13(11,12)8-6-4-5-7-10/h4-8H2,1-3H3. The predicted molar refractivity (Wildman–Crippen MR) is 61.2 cm³/mol. The molecule has 0 saturated carbocycles. The molecule has 0 unspecified atom stereocenters. The van der Waals surface area contributed by atoms with Gasteiger partial charge in [0.2, 0.25) is 0 Å². The van der Waals surface area contributed by atoms with Crippen LogP contribution in [0.2, 0.25) is 0 Å². The molecule has 0 aliphatic rings. The fourth-order valence-corrected chi connectivity index (χ4v) is 2.46. The molecule has 0 rings (SSSR count). The average molecular weight is 271 g/mol. The summed E-state index contributed by atoms with van der Waals surface area (Å²) in [6.07, 6.45) is 2.82. The lowest BCUT2D eigenvalue weighted by molar-refractivity contribution is 0.556. The fraction of sp³-hybridized carbons (Fsp3) is 1.00. The smallest absolute Gasteiger partial charge is 0.155 e. The molecule has 0 atom stereocenters. The van der Waals surface area contributed by atoms with Crippen molar-refractivity contribution in [1.29, 1.82) is 0 Å². The van der Waals surface area contributed by atoms with E-state index in [4.69, 9.17) is 0 Å². The number of hydrogen-bond acceptors (Lipinski definition) is 2. The Balaban J connectivity index is 3.92. The van der Waals surface area contributed by atoms with Crippen LogP contribution in [0, 0.1) is 0 Å². The monoisotopic (exact) mass is 270 g/mol. The highest BCUT2D eigenvalue weighted by Gasteiger charge is 2.27. The van der Waals surface area contributed by atoms with Crippen molar-refractivity contribution in [2.45, 2.75) is 44.8 Å². The normalized spacial score (nSPS) is 13.2. The van der Waals surface area contributed by atoms with Gasteiger partial charge in [0.05, 0.1) is 10.5 Å². The number of hydrogen-bond donors (Lipinski definition) is 0. The molecule has 13 heavy (non-hydrogen) atoms. The largest absolute Gasteiger partial charge is 0.228 e. The Bertz CT molecular complexity index is 226. The van der Waals surface area contributed by atoms with Crippen molar-refractivity contribution in [3.63, 3.8) is 0 Å². The number of sulfone groups is 1. The van der Waals surface area contributed by atoms with Gasteiger partial charge in [-0.3, -0.25) is 0 Å². The van der Waals surface area contributed by atoms with Crippen molar-refractivity contribution in [3.8, 4) is 0 Å². The first-order valence-corrected chi connectivity index (χ1v) is 7.37. The Morgan fingerprint density at radius 1 is 1.08 bits per heavy atom. The van der Waals surface area contributed by atoms with Gasteiger partial charge in [0.25, 0.3) is 0 Å². The van der Waals surface area contributed by atoms with Gasteiger partial charge in [-0.05, 0) is 33.6 Å². The Kier molecular flexibility index (Phi) is 5.52. The second-order valence-corrected chi connectivity index (χ2v) is 7.84. The van der Waals surface area contributed by atoms with Crippen LogP contribution in [-0.4, -0.2) is 24.2 Å². The number of alkyl halides is 1. The zero-order chi connectivity index (χ0) is 10.5. The van der Waals surface area contributed by atoms with E-state index < -0.39 is 14.6 Å². The average Bonchev–Trinajstić information content (AvgIpc) is 1.96. The molecule has 0 aromatic carbocycles. The van der Waals surface area contributed by atoms with Crippen LogP contribution in [0.5, 0.6) is 0 Å². The first kappa shape index (κ1) is 13.4. The lowest BCUT2D eigenvalue weighted by atomic mass is 10.3. The van der Waals surface area contributed by atoms with Gasteiger partial charge in [-0.1, -0.05) is 22.4 Å². The lowest BCUT2D eigenvalue weighted by Crippen LogP contribution is -2.30. The van der Waals surface area contributed by atoms with Crippen LogP contribution in [0.15, 0.2) is 0 Å². The molecular weight excluding hydrogens is 252 g/mol. The van der Waals surface area contributed by atoms with E-state index in [9.17, 15) is 8.42 Å². The van der Waals surface area contributed by atoms with Crippen LogP contribution in [0.3, 0.4) is 0 Å². The van der Waals surface area contributed by atoms with Gasteiger partial charge in [0.15, 0.2) is 9.84 Å². The summed E-state index contributed by atoms with van der Waals surface area (Å²) < 4.78 is 22.6. The van der Waals surface area contributed by atoms with Gasteiger partial charge in [-0.2, -0.15) is 0 Å². The van der Waals surface area contributed by atoms with E-state index in [0.717, 1.165) is 24.6 Å². The third kappa shape index (κ3) is 5.01. The van der Waals surface area contributed by atoms with Crippen molar-refractivity contribution in [3.05, 3.63) is 0 Å². The zero-order valence-corrected chi connectivity index (χ0v) is 11.0. The van der Waals surface area contributed by atoms with E-state index in [0.29, 0.717) is 5.75 Å². The molecule has 0 heterocycles. The Hall–Kier alpha value is 0.430. The molecule has 0 bridgehead atoms. The van der Waals surface area contributed by atoms with Gasteiger partial charge < -0.3 is 0 Å². The number of rotatable bonds is 5. The minimum atomic E-state index is -2.89. The molecule has 0 aliphatic carbocycles. The second kappa shape index (κ2) is 5.35. The highest BCUT2D eigenvalue weighted by atomic mass is 79.9. The van der Waals surface area contributed by atoms with Crippen molar-refractivity contribution >= 4 is 25.8 Å². The minimum Gasteiger partial charge on any atom is -0.228 e. The Labute approximate surface area is 90.2 Å². The van der Waals surface area contributed by atoms with Crippen LogP contribution < -0.4 is 0 Å². The van der Waals surface area contributed by atoms with Gasteiger partial charge in [-0.25, -0.2) is 8.42 Å². The zero-order valence-electron chi connectivity index (χ0n) is 8.64. The summed E-state index contributed by atoms with van der Waals surface area (Å²) in [7, 11) is -2.89. The fourth-order valence-electron chi connectivity index (χ4n) is 0.870. The lowest BCUT2D eigenvalue weighted by Gasteiger charge is -2.18. The van der Waals surface area contributed by atoms with E-state index in [1.54, 1.807) is 20.8 Å². The van der Waals surface area contributed by atoms with Crippen molar-refractivity contribution in [2.24, 2.45) is 0 Å². The van der Waals surface area contributed by atoms with Crippen LogP contribution in [0.4, 0.5) is 0 Å². The summed E-state index contributed by atoms with van der Waals surface area (Å²) in [6.45, 7) is 5.27. The molecular formula is C9H19BrO2S. The summed E-state index contributed by atoms with van der Waals surface area (Å²) in [5, 5.41) is 0.961. The van der Waals surface area contributed by atoms with E-state index in [1.807, 2.05) is 0 Å². The first-order chi connectivity index (χ1) is 5.81. The number of unbranched alkanes of at least 4 members (excludes halogenated alkanes) is 2. The molecule has 4 heteroatoms. The van der Waals surface area contributed by atoms with E-state index >= 15 is 0 Å². The maximum Gasteiger partial charge on any atom is 0.155 e. The summed E-state index contributed by atoms with van der Waals surface area (Å²) in [5.41, 5.74) is 0. The molecule has 0 amide bonds.